The van der Waals surface area contributed by atoms with Gasteiger partial charge in [-0.05, 0) is 18.2 Å². The summed E-state index contributed by atoms with van der Waals surface area (Å²) in [5.74, 6) is 0.395. The SMILES string of the molecule is COc1ccc(-c2ncc(CC#N)n2C)cc1F. The van der Waals surface area contributed by atoms with Crippen LogP contribution in [0.1, 0.15) is 5.69 Å². The molecule has 2 rings (SSSR count). The zero-order valence-corrected chi connectivity index (χ0v) is 10.1. The van der Waals surface area contributed by atoms with Gasteiger partial charge in [0.1, 0.15) is 5.82 Å². The van der Waals surface area contributed by atoms with Crippen molar-refractivity contribution < 1.29 is 9.13 Å². The average Bonchev–Trinajstić information content (AvgIpc) is 2.72. The summed E-state index contributed by atoms with van der Waals surface area (Å²) in [6, 6.07) is 6.73. The molecule has 2 aromatic rings. The Bertz CT molecular complexity index is 613. The molecule has 0 saturated carbocycles. The molecule has 0 aliphatic carbocycles. The Kier molecular flexibility index (Phi) is 3.28. The Morgan fingerprint density at radius 2 is 2.28 bits per heavy atom. The fourth-order valence-corrected chi connectivity index (χ4v) is 1.76. The Hall–Kier alpha value is -2.35. The highest BCUT2D eigenvalue weighted by Crippen LogP contribution is 2.24. The van der Waals surface area contributed by atoms with E-state index in [1.54, 1.807) is 29.9 Å². The molecular formula is C13H12FN3O. The van der Waals surface area contributed by atoms with Crippen molar-refractivity contribution in [2.75, 3.05) is 7.11 Å². The number of ether oxygens (including phenoxy) is 1. The second-order valence-corrected chi connectivity index (χ2v) is 3.82. The fourth-order valence-electron chi connectivity index (χ4n) is 1.76. The maximum atomic E-state index is 13.6. The minimum absolute atomic E-state index is 0.199. The molecule has 0 N–H and O–H groups in total. The first-order valence-corrected chi connectivity index (χ1v) is 5.39. The van der Waals surface area contributed by atoms with Crippen LogP contribution in [-0.2, 0) is 13.5 Å². The number of imidazole rings is 1. The van der Waals surface area contributed by atoms with Crippen molar-refractivity contribution in [1.82, 2.24) is 9.55 Å². The standard InChI is InChI=1S/C13H12FN3O/c1-17-10(5-6-15)8-16-13(17)9-3-4-12(18-2)11(14)7-9/h3-4,7-8H,5H2,1-2H3. The summed E-state index contributed by atoms with van der Waals surface area (Å²) in [4.78, 5) is 4.21. The molecule has 0 radical (unpaired) electrons. The Morgan fingerprint density at radius 1 is 1.50 bits per heavy atom. The van der Waals surface area contributed by atoms with Gasteiger partial charge in [0.05, 0.1) is 25.3 Å². The van der Waals surface area contributed by atoms with Gasteiger partial charge >= 0.3 is 0 Å². The Labute approximate surface area is 104 Å². The fraction of sp³-hybridized carbons (Fsp3) is 0.231. The lowest BCUT2D eigenvalue weighted by Gasteiger charge is -2.06. The minimum Gasteiger partial charge on any atom is -0.494 e. The third-order valence-corrected chi connectivity index (χ3v) is 2.75. The Balaban J connectivity index is 2.43. The topological polar surface area (TPSA) is 50.8 Å². The average molecular weight is 245 g/mol. The van der Waals surface area contributed by atoms with Crippen molar-refractivity contribution in [3.05, 3.63) is 35.9 Å². The summed E-state index contributed by atoms with van der Waals surface area (Å²) in [5.41, 5.74) is 1.45. The van der Waals surface area contributed by atoms with E-state index in [0.717, 1.165) is 5.69 Å². The van der Waals surface area contributed by atoms with Gasteiger partial charge in [0.25, 0.3) is 0 Å². The van der Waals surface area contributed by atoms with Crippen molar-refractivity contribution in [2.24, 2.45) is 7.05 Å². The van der Waals surface area contributed by atoms with Gasteiger partial charge in [0, 0.05) is 18.8 Å². The van der Waals surface area contributed by atoms with Crippen LogP contribution in [-0.4, -0.2) is 16.7 Å². The molecule has 0 fully saturated rings. The molecule has 0 atom stereocenters. The lowest BCUT2D eigenvalue weighted by atomic mass is 10.2. The number of benzene rings is 1. The molecule has 0 saturated heterocycles. The number of halogens is 1. The van der Waals surface area contributed by atoms with Gasteiger partial charge < -0.3 is 9.30 Å². The molecule has 1 aromatic heterocycles. The van der Waals surface area contributed by atoms with Crippen molar-refractivity contribution in [1.29, 1.82) is 5.26 Å². The van der Waals surface area contributed by atoms with Crippen LogP contribution in [0.4, 0.5) is 4.39 Å². The van der Waals surface area contributed by atoms with Crippen LogP contribution in [0.2, 0.25) is 0 Å². The van der Waals surface area contributed by atoms with Crippen molar-refractivity contribution >= 4 is 0 Å². The van der Waals surface area contributed by atoms with E-state index in [9.17, 15) is 4.39 Å². The number of nitrogens with zero attached hydrogens (tertiary/aromatic N) is 3. The van der Waals surface area contributed by atoms with Crippen molar-refractivity contribution in [3.8, 4) is 23.2 Å². The molecule has 1 heterocycles. The molecular weight excluding hydrogens is 233 g/mol. The smallest absolute Gasteiger partial charge is 0.165 e. The third-order valence-electron chi connectivity index (χ3n) is 2.75. The quantitative estimate of drug-likeness (QED) is 0.833. The third kappa shape index (κ3) is 2.05. The molecule has 0 aliphatic heterocycles. The summed E-state index contributed by atoms with van der Waals surface area (Å²) in [6.45, 7) is 0. The highest BCUT2D eigenvalue weighted by molar-refractivity contribution is 5.57. The molecule has 4 nitrogen and oxygen atoms in total. The lowest BCUT2D eigenvalue weighted by Crippen LogP contribution is -1.98. The zero-order chi connectivity index (χ0) is 13.1. The molecule has 0 aliphatic rings. The van der Waals surface area contributed by atoms with E-state index >= 15 is 0 Å². The van der Waals surface area contributed by atoms with E-state index in [1.807, 2.05) is 0 Å². The monoisotopic (exact) mass is 245 g/mol. The van der Waals surface area contributed by atoms with E-state index in [1.165, 1.54) is 13.2 Å². The van der Waals surface area contributed by atoms with E-state index in [4.69, 9.17) is 10.00 Å². The van der Waals surface area contributed by atoms with E-state index in [-0.39, 0.29) is 12.2 Å². The molecule has 1 aromatic carbocycles. The molecule has 5 heteroatoms. The van der Waals surface area contributed by atoms with Gasteiger partial charge in [0.15, 0.2) is 11.6 Å². The maximum Gasteiger partial charge on any atom is 0.165 e. The van der Waals surface area contributed by atoms with Crippen LogP contribution in [0, 0.1) is 17.1 Å². The van der Waals surface area contributed by atoms with Gasteiger partial charge in [-0.2, -0.15) is 5.26 Å². The van der Waals surface area contributed by atoms with Gasteiger partial charge in [0.2, 0.25) is 0 Å². The van der Waals surface area contributed by atoms with Gasteiger partial charge in [-0.25, -0.2) is 9.37 Å². The molecule has 0 unspecified atom stereocenters. The number of rotatable bonds is 3. The first-order valence-electron chi connectivity index (χ1n) is 5.39. The maximum absolute atomic E-state index is 13.6. The predicted octanol–water partition coefficient (Wildman–Crippen LogP) is 2.30. The summed E-state index contributed by atoms with van der Waals surface area (Å²) >= 11 is 0. The largest absolute Gasteiger partial charge is 0.494 e. The summed E-state index contributed by atoms with van der Waals surface area (Å²) in [7, 11) is 3.22. The van der Waals surface area contributed by atoms with Gasteiger partial charge in [-0.3, -0.25) is 0 Å². The highest BCUT2D eigenvalue weighted by Gasteiger charge is 2.11. The van der Waals surface area contributed by atoms with Gasteiger partial charge in [-0.15, -0.1) is 0 Å². The first-order chi connectivity index (χ1) is 8.67. The van der Waals surface area contributed by atoms with E-state index < -0.39 is 5.82 Å². The zero-order valence-electron chi connectivity index (χ0n) is 10.1. The number of hydrogen-bond donors (Lipinski definition) is 0. The first kappa shape index (κ1) is 12.1. The minimum atomic E-state index is -0.431. The van der Waals surface area contributed by atoms with Crippen LogP contribution < -0.4 is 4.74 Å². The van der Waals surface area contributed by atoms with Crippen LogP contribution in [0.15, 0.2) is 24.4 Å². The Morgan fingerprint density at radius 3 is 2.89 bits per heavy atom. The summed E-state index contributed by atoms with van der Waals surface area (Å²) in [5, 5.41) is 8.67. The molecule has 0 spiro atoms. The molecule has 0 bridgehead atoms. The normalized spacial score (nSPS) is 10.1. The number of methoxy groups -OCH3 is 1. The predicted molar refractivity (Wildman–Crippen MR) is 64.5 cm³/mol. The van der Waals surface area contributed by atoms with Crippen LogP contribution in [0.3, 0.4) is 0 Å². The molecule has 92 valence electrons. The number of aromatic nitrogens is 2. The van der Waals surface area contributed by atoms with Crippen LogP contribution >= 0.6 is 0 Å². The number of nitriles is 1. The van der Waals surface area contributed by atoms with E-state index in [2.05, 4.69) is 11.1 Å². The van der Waals surface area contributed by atoms with Gasteiger partial charge in [-0.1, -0.05) is 0 Å². The van der Waals surface area contributed by atoms with Crippen LogP contribution in [0.25, 0.3) is 11.4 Å². The lowest BCUT2D eigenvalue weighted by molar-refractivity contribution is 0.386. The van der Waals surface area contributed by atoms with E-state index in [0.29, 0.717) is 11.4 Å². The van der Waals surface area contributed by atoms with Crippen molar-refractivity contribution in [3.63, 3.8) is 0 Å². The summed E-state index contributed by atoms with van der Waals surface area (Å²) in [6.07, 6.45) is 1.91. The molecule has 0 amide bonds. The number of hydrogen-bond acceptors (Lipinski definition) is 3. The summed E-state index contributed by atoms with van der Waals surface area (Å²) < 4.78 is 20.3. The molecule has 18 heavy (non-hydrogen) atoms. The van der Waals surface area contributed by atoms with Crippen LogP contribution in [0.5, 0.6) is 5.75 Å². The second-order valence-electron chi connectivity index (χ2n) is 3.82. The highest BCUT2D eigenvalue weighted by atomic mass is 19.1. The second kappa shape index (κ2) is 4.88. The van der Waals surface area contributed by atoms with Crippen molar-refractivity contribution in [2.45, 2.75) is 6.42 Å².